The van der Waals surface area contributed by atoms with E-state index in [0.29, 0.717) is 5.75 Å². The van der Waals surface area contributed by atoms with Crippen molar-refractivity contribution in [3.8, 4) is 5.75 Å². The molecule has 0 bridgehead atoms. The van der Waals surface area contributed by atoms with Gasteiger partial charge in [-0.2, -0.15) is 6.08 Å². The van der Waals surface area contributed by atoms with E-state index in [0.717, 1.165) is 12.0 Å². The van der Waals surface area contributed by atoms with Gasteiger partial charge in [0.2, 0.25) is 0 Å². The minimum absolute atomic E-state index is 0. The third-order valence-corrected chi connectivity index (χ3v) is 8.20. The molecule has 4 rings (SSSR count). The average Bonchev–Trinajstić information content (AvgIpc) is 3.36. The van der Waals surface area contributed by atoms with E-state index >= 15 is 0 Å². The molecule has 0 amide bonds. The first kappa shape index (κ1) is 34.3. The molecule has 1 N–H and O–H groups in total. The summed E-state index contributed by atoms with van der Waals surface area (Å²) in [5.41, 5.74) is 3.87. The molecule has 3 aromatic carbocycles. The zero-order valence-electron chi connectivity index (χ0n) is 22.1. The van der Waals surface area contributed by atoms with Crippen LogP contribution in [0.25, 0.3) is 0 Å². The summed E-state index contributed by atoms with van der Waals surface area (Å²) in [6.45, 7) is 13.4. The molecule has 1 aliphatic carbocycles. The SMILES string of the molecule is CC(C)(C)c1cccc(O)c1.C[Si](C)(C)C1=[C-]CC=C1.[Cl-].[Cl-].[Ti+]=[C](c1ccccc1)c1ccccc1. The van der Waals surface area contributed by atoms with Gasteiger partial charge >= 0.3 is 95.6 Å². The van der Waals surface area contributed by atoms with Crippen LogP contribution in [0.5, 0.6) is 5.75 Å². The van der Waals surface area contributed by atoms with Gasteiger partial charge in [0.05, 0.1) is 0 Å². The fourth-order valence-corrected chi connectivity index (χ4v) is 5.04. The van der Waals surface area contributed by atoms with Crippen LogP contribution in [-0.4, -0.2) is 17.0 Å². The Hall–Kier alpha value is -1.68. The summed E-state index contributed by atoms with van der Waals surface area (Å²) in [5, 5.41) is 10.7. The first-order chi connectivity index (χ1) is 16.0. The third-order valence-electron chi connectivity index (χ3n) is 5.34. The van der Waals surface area contributed by atoms with E-state index < -0.39 is 8.07 Å². The standard InChI is InChI=1S/C13H10.C10H14O.C8H13Si.2ClH.Ti/c1-3-7-12(8-4-1)11-13-9-5-2-6-10-13;1-10(2,3)8-5-4-6-9(11)7-8;1-9(2,3)8-6-4-5-7-8;;;/h1-10H;4-7,11H,1-3H3;4,6H,5H2,1-3H3;2*1H;/q;;-1;;;+1/p-2. The fraction of sp³-hybridized carbons (Fsp3) is 0.258. The maximum atomic E-state index is 9.18. The molecule has 0 unspecified atom stereocenters. The molecule has 0 heterocycles. The topological polar surface area (TPSA) is 20.2 Å². The van der Waals surface area contributed by atoms with Gasteiger partial charge in [-0.15, -0.1) is 6.42 Å². The summed E-state index contributed by atoms with van der Waals surface area (Å²) >= 11 is 2.16. The molecule has 0 aliphatic heterocycles. The van der Waals surface area contributed by atoms with E-state index in [-0.39, 0.29) is 30.2 Å². The van der Waals surface area contributed by atoms with Crippen LogP contribution < -0.4 is 24.8 Å². The van der Waals surface area contributed by atoms with Crippen LogP contribution in [0.15, 0.2) is 102 Å². The van der Waals surface area contributed by atoms with Crippen LogP contribution in [0.2, 0.25) is 19.6 Å². The number of allylic oxidation sites excluding steroid dienone is 4. The molecule has 1 aliphatic rings. The van der Waals surface area contributed by atoms with Crippen molar-refractivity contribution in [3.05, 3.63) is 125 Å². The van der Waals surface area contributed by atoms with Crippen molar-refractivity contribution in [3.63, 3.8) is 0 Å². The Morgan fingerprint density at radius 3 is 1.61 bits per heavy atom. The Morgan fingerprint density at radius 2 is 1.31 bits per heavy atom. The molecule has 0 saturated carbocycles. The van der Waals surface area contributed by atoms with Gasteiger partial charge in [-0.25, -0.2) is 11.3 Å². The van der Waals surface area contributed by atoms with Gasteiger partial charge in [-0.05, 0) is 23.1 Å². The number of rotatable bonds is 3. The summed E-state index contributed by atoms with van der Waals surface area (Å²) in [4.78, 5) is 0. The average molecular weight is 572 g/mol. The zero-order valence-corrected chi connectivity index (χ0v) is 26.2. The van der Waals surface area contributed by atoms with Crippen molar-refractivity contribution < 1.29 is 49.9 Å². The van der Waals surface area contributed by atoms with Crippen LogP contribution in [-0.2, 0) is 25.4 Å². The van der Waals surface area contributed by atoms with E-state index in [9.17, 15) is 5.11 Å². The molecule has 0 aromatic heterocycles. The summed E-state index contributed by atoms with van der Waals surface area (Å²) in [7, 11) is -1.01. The van der Waals surface area contributed by atoms with Gasteiger partial charge in [0.25, 0.3) is 0 Å². The normalized spacial score (nSPS) is 11.9. The van der Waals surface area contributed by atoms with Gasteiger partial charge in [0, 0.05) is 8.07 Å². The van der Waals surface area contributed by atoms with Crippen molar-refractivity contribution in [1.29, 1.82) is 0 Å². The van der Waals surface area contributed by atoms with Crippen molar-refractivity contribution >= 4 is 11.9 Å². The summed E-state index contributed by atoms with van der Waals surface area (Å²) in [6.07, 6.45) is 8.82. The van der Waals surface area contributed by atoms with Crippen LogP contribution in [0.1, 0.15) is 43.9 Å². The predicted molar refractivity (Wildman–Crippen MR) is 147 cm³/mol. The number of benzene rings is 3. The molecule has 0 radical (unpaired) electrons. The van der Waals surface area contributed by atoms with Crippen LogP contribution >= 0.6 is 0 Å². The number of halogens is 2. The Labute approximate surface area is 243 Å². The molecule has 0 atom stereocenters. The van der Waals surface area contributed by atoms with Crippen molar-refractivity contribution in [2.75, 3.05) is 0 Å². The van der Waals surface area contributed by atoms with Crippen LogP contribution in [0, 0.1) is 6.08 Å². The molecule has 191 valence electrons. The monoisotopic (exact) mass is 571 g/mol. The molecule has 3 aromatic rings. The summed E-state index contributed by atoms with van der Waals surface area (Å²) < 4.78 is 1.33. The Bertz CT molecular complexity index is 1070. The second-order valence-electron chi connectivity index (χ2n) is 10.4. The number of phenolic OH excluding ortho intramolecular Hbond substituents is 1. The fourth-order valence-electron chi connectivity index (χ4n) is 3.27. The van der Waals surface area contributed by atoms with Crippen LogP contribution in [0.3, 0.4) is 0 Å². The Kier molecular flexibility index (Phi) is 15.5. The number of phenols is 1. The molecule has 5 heteroatoms. The number of aromatic hydroxyl groups is 1. The Morgan fingerprint density at radius 1 is 0.806 bits per heavy atom. The first-order valence-corrected chi connectivity index (χ1v) is 16.0. The maximum absolute atomic E-state index is 9.18. The molecule has 36 heavy (non-hydrogen) atoms. The van der Waals surface area contributed by atoms with E-state index in [4.69, 9.17) is 0 Å². The summed E-state index contributed by atoms with van der Waals surface area (Å²) in [5.74, 6) is 0.345. The van der Waals surface area contributed by atoms with Crippen molar-refractivity contribution in [1.82, 2.24) is 0 Å². The molecule has 0 fully saturated rings. The number of hydrogen-bond donors (Lipinski definition) is 1. The minimum atomic E-state index is -1.01. The van der Waals surface area contributed by atoms with Crippen LogP contribution in [0.4, 0.5) is 0 Å². The second-order valence-corrected chi connectivity index (χ2v) is 16.2. The van der Waals surface area contributed by atoms with Gasteiger partial charge < -0.3 is 29.9 Å². The van der Waals surface area contributed by atoms with E-state index in [2.05, 4.69) is 127 Å². The van der Waals surface area contributed by atoms with Gasteiger partial charge in [0.1, 0.15) is 5.75 Å². The van der Waals surface area contributed by atoms with E-state index in [1.54, 1.807) is 12.1 Å². The molecule has 0 saturated heterocycles. The second kappa shape index (κ2) is 16.2. The molecule has 1 nitrogen and oxygen atoms in total. The molecule has 0 spiro atoms. The van der Waals surface area contributed by atoms with Crippen molar-refractivity contribution in [2.24, 2.45) is 0 Å². The van der Waals surface area contributed by atoms with Gasteiger partial charge in [-0.3, -0.25) is 6.08 Å². The summed E-state index contributed by atoms with van der Waals surface area (Å²) in [6, 6.07) is 28.3. The molecular weight excluding hydrogens is 535 g/mol. The quantitative estimate of drug-likeness (QED) is 0.377. The van der Waals surface area contributed by atoms with E-state index in [1.165, 1.54) is 20.1 Å². The zero-order chi connectivity index (χ0) is 25.2. The van der Waals surface area contributed by atoms with Crippen molar-refractivity contribution in [2.45, 2.75) is 52.2 Å². The van der Waals surface area contributed by atoms with E-state index in [1.807, 2.05) is 24.3 Å². The third kappa shape index (κ3) is 12.0. The Balaban J connectivity index is 0.000000509. The number of hydrogen-bond acceptors (Lipinski definition) is 1. The van der Waals surface area contributed by atoms with Gasteiger partial charge in [-0.1, -0.05) is 52.5 Å². The predicted octanol–water partition coefficient (Wildman–Crippen LogP) is 2.05. The first-order valence-electron chi connectivity index (χ1n) is 11.8. The van der Waals surface area contributed by atoms with Gasteiger partial charge in [0.15, 0.2) is 0 Å². The molecular formula is C31H37Cl2OSiTi-2.